The normalized spacial score (nSPS) is 33.6. The van der Waals surface area contributed by atoms with Crippen molar-refractivity contribution >= 4 is 0 Å². The summed E-state index contributed by atoms with van der Waals surface area (Å²) >= 11 is 0. The fourth-order valence-electron chi connectivity index (χ4n) is 3.62. The fraction of sp³-hybridized carbons (Fsp3) is 1.00. The molecule has 1 N–H and O–H groups in total. The molecule has 0 amide bonds. The zero-order valence-corrected chi connectivity index (χ0v) is 13.4. The molecule has 1 saturated heterocycles. The summed E-state index contributed by atoms with van der Waals surface area (Å²) in [6.45, 7) is 16.7. The van der Waals surface area contributed by atoms with Crippen LogP contribution in [0.25, 0.3) is 0 Å². The Morgan fingerprint density at radius 3 is 2.53 bits per heavy atom. The van der Waals surface area contributed by atoms with Gasteiger partial charge in [0.2, 0.25) is 0 Å². The third kappa shape index (κ3) is 3.93. The number of hydrogen-bond donors (Lipinski definition) is 1. The summed E-state index contributed by atoms with van der Waals surface area (Å²) in [5, 5.41) is 3.65. The molecule has 2 aliphatic rings. The van der Waals surface area contributed by atoms with Crippen LogP contribution < -0.4 is 5.32 Å². The molecule has 1 aliphatic carbocycles. The summed E-state index contributed by atoms with van der Waals surface area (Å²) in [6.07, 6.45) is 2.85. The molecule has 1 saturated carbocycles. The van der Waals surface area contributed by atoms with Gasteiger partial charge in [0.1, 0.15) is 0 Å². The van der Waals surface area contributed by atoms with Crippen LogP contribution in [-0.4, -0.2) is 61.2 Å². The van der Waals surface area contributed by atoms with Crippen molar-refractivity contribution in [3.63, 3.8) is 0 Å². The van der Waals surface area contributed by atoms with Crippen LogP contribution in [0.2, 0.25) is 0 Å². The van der Waals surface area contributed by atoms with Gasteiger partial charge in [-0.1, -0.05) is 20.8 Å². The Morgan fingerprint density at radius 1 is 1.21 bits per heavy atom. The predicted molar refractivity (Wildman–Crippen MR) is 82.5 cm³/mol. The molecule has 0 aromatic rings. The second kappa shape index (κ2) is 7.05. The molecular formula is C16H33N3. The van der Waals surface area contributed by atoms with Gasteiger partial charge >= 0.3 is 0 Å². The monoisotopic (exact) mass is 267 g/mol. The van der Waals surface area contributed by atoms with Crippen LogP contribution in [0.4, 0.5) is 0 Å². The zero-order valence-electron chi connectivity index (χ0n) is 13.4. The van der Waals surface area contributed by atoms with Crippen molar-refractivity contribution in [2.75, 3.05) is 39.3 Å². The predicted octanol–water partition coefficient (Wildman–Crippen LogP) is 2.04. The maximum Gasteiger partial charge on any atom is 0.0195 e. The number of nitrogens with zero attached hydrogens (tertiary/aromatic N) is 2. The van der Waals surface area contributed by atoms with Gasteiger partial charge in [-0.3, -0.25) is 9.80 Å². The topological polar surface area (TPSA) is 18.5 Å². The van der Waals surface area contributed by atoms with Gasteiger partial charge in [0, 0.05) is 31.7 Å². The first-order chi connectivity index (χ1) is 9.11. The quantitative estimate of drug-likeness (QED) is 0.794. The van der Waals surface area contributed by atoms with Crippen molar-refractivity contribution < 1.29 is 0 Å². The molecule has 1 heterocycles. The molecule has 3 heteroatoms. The summed E-state index contributed by atoms with van der Waals surface area (Å²) in [7, 11) is 0. The average Bonchev–Trinajstić information content (AvgIpc) is 2.33. The highest BCUT2D eigenvalue weighted by atomic mass is 15.3. The molecule has 3 nitrogen and oxygen atoms in total. The van der Waals surface area contributed by atoms with Crippen LogP contribution in [0.15, 0.2) is 0 Å². The van der Waals surface area contributed by atoms with Crippen LogP contribution in [0.3, 0.4) is 0 Å². The van der Waals surface area contributed by atoms with E-state index < -0.39 is 0 Å². The van der Waals surface area contributed by atoms with Gasteiger partial charge in [-0.25, -0.2) is 0 Å². The molecule has 2 rings (SSSR count). The summed E-state index contributed by atoms with van der Waals surface area (Å²) in [6, 6.07) is 1.60. The Bertz CT molecular complexity index is 267. The van der Waals surface area contributed by atoms with Gasteiger partial charge in [0.15, 0.2) is 0 Å². The van der Waals surface area contributed by atoms with Gasteiger partial charge < -0.3 is 5.32 Å². The van der Waals surface area contributed by atoms with Crippen LogP contribution in [0, 0.1) is 11.8 Å². The Balaban J connectivity index is 1.73. The number of hydrogen-bond acceptors (Lipinski definition) is 3. The molecule has 0 aromatic carbocycles. The van der Waals surface area contributed by atoms with E-state index in [4.69, 9.17) is 0 Å². The lowest BCUT2D eigenvalue weighted by Gasteiger charge is -2.49. The van der Waals surface area contributed by atoms with Gasteiger partial charge in [-0.05, 0) is 51.2 Å². The smallest absolute Gasteiger partial charge is 0.0195 e. The van der Waals surface area contributed by atoms with Crippen molar-refractivity contribution in [2.24, 2.45) is 11.8 Å². The molecule has 19 heavy (non-hydrogen) atoms. The van der Waals surface area contributed by atoms with Crippen LogP contribution in [0.5, 0.6) is 0 Å². The number of nitrogens with one attached hydrogen (secondary N) is 1. The number of likely N-dealkylation sites (N-methyl/N-ethyl adjacent to an activating group) is 1. The molecule has 0 radical (unpaired) electrons. The van der Waals surface area contributed by atoms with Crippen molar-refractivity contribution in [1.82, 2.24) is 15.1 Å². The van der Waals surface area contributed by atoms with Gasteiger partial charge in [0.05, 0.1) is 0 Å². The van der Waals surface area contributed by atoms with Crippen LogP contribution in [-0.2, 0) is 0 Å². The lowest BCUT2D eigenvalue weighted by molar-refractivity contribution is -0.0000441. The summed E-state index contributed by atoms with van der Waals surface area (Å²) in [5.74, 6) is 1.67. The molecule has 3 atom stereocenters. The first-order valence-electron chi connectivity index (χ1n) is 8.30. The van der Waals surface area contributed by atoms with Gasteiger partial charge in [-0.15, -0.1) is 0 Å². The third-order valence-electron chi connectivity index (χ3n) is 5.01. The number of rotatable bonds is 6. The Morgan fingerprint density at radius 2 is 2.00 bits per heavy atom. The minimum absolute atomic E-state index is 0.739. The zero-order chi connectivity index (χ0) is 13.8. The lowest BCUT2D eigenvalue weighted by Crippen LogP contribution is -2.59. The standard InChI is InChI=1S/C16H33N3/c1-5-18-8-9-19(12-14(18)4)16-7-6-15(16)11-17-10-13(2)3/h13-17H,5-12H2,1-4H3. The van der Waals surface area contributed by atoms with Crippen LogP contribution >= 0.6 is 0 Å². The van der Waals surface area contributed by atoms with E-state index in [-0.39, 0.29) is 0 Å². The van der Waals surface area contributed by atoms with Crippen molar-refractivity contribution in [2.45, 2.75) is 52.6 Å². The van der Waals surface area contributed by atoms with E-state index in [9.17, 15) is 0 Å². The highest BCUT2D eigenvalue weighted by molar-refractivity contribution is 4.93. The summed E-state index contributed by atoms with van der Waals surface area (Å²) < 4.78 is 0. The maximum atomic E-state index is 3.65. The fourth-order valence-corrected chi connectivity index (χ4v) is 3.62. The Hall–Kier alpha value is -0.120. The van der Waals surface area contributed by atoms with Crippen molar-refractivity contribution in [3.05, 3.63) is 0 Å². The second-order valence-corrected chi connectivity index (χ2v) is 6.93. The Kier molecular flexibility index (Phi) is 5.67. The summed E-state index contributed by atoms with van der Waals surface area (Å²) in [4.78, 5) is 5.38. The van der Waals surface area contributed by atoms with Gasteiger partial charge in [-0.2, -0.15) is 0 Å². The Labute approximate surface area is 119 Å². The molecule has 3 unspecified atom stereocenters. The molecule has 2 fully saturated rings. The minimum Gasteiger partial charge on any atom is -0.316 e. The molecule has 0 aromatic heterocycles. The molecule has 1 aliphatic heterocycles. The van der Waals surface area contributed by atoms with E-state index in [1.54, 1.807) is 0 Å². The van der Waals surface area contributed by atoms with Crippen molar-refractivity contribution in [3.8, 4) is 0 Å². The lowest BCUT2D eigenvalue weighted by atomic mass is 9.78. The molecule has 0 spiro atoms. The molecule has 0 bridgehead atoms. The second-order valence-electron chi connectivity index (χ2n) is 6.93. The first kappa shape index (κ1) is 15.3. The van der Waals surface area contributed by atoms with E-state index in [0.717, 1.165) is 23.9 Å². The van der Waals surface area contributed by atoms with E-state index in [1.807, 2.05) is 0 Å². The van der Waals surface area contributed by atoms with Crippen molar-refractivity contribution in [1.29, 1.82) is 0 Å². The highest BCUT2D eigenvalue weighted by Crippen LogP contribution is 2.33. The summed E-state index contributed by atoms with van der Waals surface area (Å²) in [5.41, 5.74) is 0. The van der Waals surface area contributed by atoms with E-state index in [2.05, 4.69) is 42.8 Å². The van der Waals surface area contributed by atoms with Gasteiger partial charge in [0.25, 0.3) is 0 Å². The highest BCUT2D eigenvalue weighted by Gasteiger charge is 2.37. The maximum absolute atomic E-state index is 3.65. The van der Waals surface area contributed by atoms with E-state index in [0.29, 0.717) is 0 Å². The third-order valence-corrected chi connectivity index (χ3v) is 5.01. The van der Waals surface area contributed by atoms with Crippen LogP contribution in [0.1, 0.15) is 40.5 Å². The van der Waals surface area contributed by atoms with E-state index >= 15 is 0 Å². The largest absolute Gasteiger partial charge is 0.316 e. The average molecular weight is 267 g/mol. The SMILES string of the molecule is CCN1CCN(C2CCC2CNCC(C)C)CC1C. The first-order valence-corrected chi connectivity index (χ1v) is 8.30. The molecule has 112 valence electrons. The number of piperazine rings is 1. The van der Waals surface area contributed by atoms with E-state index in [1.165, 1.54) is 52.1 Å². The minimum atomic E-state index is 0.739. The molecular weight excluding hydrogens is 234 g/mol.